The van der Waals surface area contributed by atoms with Gasteiger partial charge in [-0.05, 0) is 76.0 Å². The van der Waals surface area contributed by atoms with E-state index in [0.717, 1.165) is 0 Å². The molecule has 0 saturated heterocycles. The molecule has 0 heterocycles. The molecule has 102 valence electrons. The summed E-state index contributed by atoms with van der Waals surface area (Å²) in [4.78, 5) is 10.4. The van der Waals surface area contributed by atoms with Crippen LogP contribution in [0.15, 0.2) is 12.2 Å². The zero-order valence-electron chi connectivity index (χ0n) is 11.8. The van der Waals surface area contributed by atoms with Gasteiger partial charge in [0.1, 0.15) is 0 Å². The van der Waals surface area contributed by atoms with Gasteiger partial charge in [0.25, 0.3) is 0 Å². The van der Waals surface area contributed by atoms with Gasteiger partial charge in [0.15, 0.2) is 0 Å². The van der Waals surface area contributed by atoms with Crippen molar-refractivity contribution in [2.75, 3.05) is 6.61 Å². The summed E-state index contributed by atoms with van der Waals surface area (Å²) in [5, 5.41) is 0. The fourth-order valence-electron chi connectivity index (χ4n) is 4.24. The maximum absolute atomic E-state index is 10.4. The molecular formula is C16H26O2. The molecule has 0 amide bonds. The Labute approximate surface area is 111 Å². The maximum Gasteiger partial charge on any atom is 0.333 e. The van der Waals surface area contributed by atoms with Crippen LogP contribution in [-0.4, -0.2) is 12.6 Å². The minimum atomic E-state index is -0.312. The third-order valence-corrected chi connectivity index (χ3v) is 4.62. The molecule has 2 nitrogen and oxygen atoms in total. The van der Waals surface area contributed by atoms with Crippen molar-refractivity contribution in [2.24, 2.45) is 23.7 Å². The fraction of sp³-hybridized carbons (Fsp3) is 0.812. The van der Waals surface area contributed by atoms with Crippen molar-refractivity contribution in [2.45, 2.75) is 52.4 Å². The summed E-state index contributed by atoms with van der Waals surface area (Å²) < 4.78 is 4.56. The van der Waals surface area contributed by atoms with E-state index in [1.165, 1.54) is 23.7 Å². The molecule has 18 heavy (non-hydrogen) atoms. The van der Waals surface area contributed by atoms with Gasteiger partial charge in [0.2, 0.25) is 0 Å². The molecule has 4 aliphatic carbocycles. The van der Waals surface area contributed by atoms with E-state index in [1.54, 1.807) is 52.4 Å². The van der Waals surface area contributed by atoms with Crippen LogP contribution in [0.5, 0.6) is 0 Å². The number of hydrogen-bond acceptors (Lipinski definition) is 2. The van der Waals surface area contributed by atoms with Crippen LogP contribution in [0.4, 0.5) is 0 Å². The second kappa shape index (κ2) is 5.90. The third-order valence-electron chi connectivity index (χ3n) is 4.62. The Bertz CT molecular complexity index is 263. The second-order valence-electron chi connectivity index (χ2n) is 6.38. The van der Waals surface area contributed by atoms with Crippen LogP contribution < -0.4 is 0 Å². The minimum absolute atomic E-state index is 0.312. The molecule has 4 rings (SSSR count). The Morgan fingerprint density at radius 2 is 1.33 bits per heavy atom. The summed E-state index contributed by atoms with van der Waals surface area (Å²) in [6.07, 6.45) is 9.62. The molecule has 0 atom stereocenters. The molecule has 4 fully saturated rings. The van der Waals surface area contributed by atoms with Gasteiger partial charge in [0.05, 0.1) is 6.61 Å². The zero-order chi connectivity index (χ0) is 13.1. The Balaban J connectivity index is 0.000000139. The quantitative estimate of drug-likeness (QED) is 0.548. The highest BCUT2D eigenvalue weighted by Gasteiger charge is 2.41. The second-order valence-corrected chi connectivity index (χ2v) is 6.38. The Hall–Kier alpha value is -0.790. The molecule has 4 bridgehead atoms. The first-order valence-electron chi connectivity index (χ1n) is 7.41. The highest BCUT2D eigenvalue weighted by Crippen LogP contribution is 2.53. The monoisotopic (exact) mass is 250 g/mol. The van der Waals surface area contributed by atoms with Crippen molar-refractivity contribution in [3.05, 3.63) is 12.2 Å². The molecule has 0 aromatic rings. The molecule has 0 unspecified atom stereocenters. The van der Waals surface area contributed by atoms with Crippen LogP contribution in [0.3, 0.4) is 0 Å². The lowest BCUT2D eigenvalue weighted by atomic mass is 9.56. The van der Waals surface area contributed by atoms with Crippen molar-refractivity contribution in [1.82, 2.24) is 0 Å². The van der Waals surface area contributed by atoms with Crippen LogP contribution in [0, 0.1) is 23.7 Å². The van der Waals surface area contributed by atoms with Gasteiger partial charge in [-0.1, -0.05) is 6.58 Å². The zero-order valence-corrected chi connectivity index (χ0v) is 11.8. The van der Waals surface area contributed by atoms with Crippen molar-refractivity contribution in [3.63, 3.8) is 0 Å². The number of rotatable bonds is 2. The molecule has 4 saturated carbocycles. The molecule has 0 N–H and O–H groups in total. The van der Waals surface area contributed by atoms with Gasteiger partial charge in [0, 0.05) is 5.57 Å². The summed E-state index contributed by atoms with van der Waals surface area (Å²) in [5.41, 5.74) is 0.451. The van der Waals surface area contributed by atoms with E-state index >= 15 is 0 Å². The van der Waals surface area contributed by atoms with Gasteiger partial charge in [-0.25, -0.2) is 4.79 Å². The van der Waals surface area contributed by atoms with Crippen LogP contribution in [0.2, 0.25) is 0 Å². The Morgan fingerprint density at radius 1 is 1.00 bits per heavy atom. The number of carbonyl (C=O) groups is 1. The first-order chi connectivity index (χ1) is 8.58. The van der Waals surface area contributed by atoms with Gasteiger partial charge >= 0.3 is 5.97 Å². The minimum Gasteiger partial charge on any atom is -0.463 e. The van der Waals surface area contributed by atoms with Crippen molar-refractivity contribution < 1.29 is 9.53 Å². The summed E-state index contributed by atoms with van der Waals surface area (Å²) in [5.74, 6) is 4.40. The molecule has 0 spiro atoms. The Kier molecular flexibility index (Phi) is 4.47. The lowest BCUT2D eigenvalue weighted by Crippen LogP contribution is -2.38. The van der Waals surface area contributed by atoms with Gasteiger partial charge in [-0.2, -0.15) is 0 Å². The van der Waals surface area contributed by atoms with Crippen molar-refractivity contribution >= 4 is 5.97 Å². The highest BCUT2D eigenvalue weighted by atomic mass is 16.5. The average molecular weight is 250 g/mol. The summed E-state index contributed by atoms with van der Waals surface area (Å²) in [6.45, 7) is 7.21. The molecule has 2 heteroatoms. The van der Waals surface area contributed by atoms with E-state index in [0.29, 0.717) is 12.2 Å². The van der Waals surface area contributed by atoms with E-state index < -0.39 is 0 Å². The topological polar surface area (TPSA) is 26.3 Å². The van der Waals surface area contributed by atoms with Gasteiger partial charge in [-0.3, -0.25) is 0 Å². The van der Waals surface area contributed by atoms with E-state index in [9.17, 15) is 4.79 Å². The molecule has 0 radical (unpaired) electrons. The summed E-state index contributed by atoms with van der Waals surface area (Å²) >= 11 is 0. The third kappa shape index (κ3) is 3.37. The van der Waals surface area contributed by atoms with E-state index in [1.807, 2.05) is 0 Å². The molecule has 0 aliphatic heterocycles. The average Bonchev–Trinajstić information content (AvgIpc) is 2.28. The first-order valence-corrected chi connectivity index (χ1v) is 7.41. The van der Waals surface area contributed by atoms with E-state index in [-0.39, 0.29) is 5.97 Å². The number of carbonyl (C=O) groups excluding carboxylic acids is 1. The predicted molar refractivity (Wildman–Crippen MR) is 73.1 cm³/mol. The van der Waals surface area contributed by atoms with E-state index in [2.05, 4.69) is 11.3 Å². The lowest BCUT2D eigenvalue weighted by molar-refractivity contribution is -0.138. The summed E-state index contributed by atoms with van der Waals surface area (Å²) in [6, 6.07) is 0. The predicted octanol–water partition coefficient (Wildman–Crippen LogP) is 3.96. The summed E-state index contributed by atoms with van der Waals surface area (Å²) in [7, 11) is 0. The van der Waals surface area contributed by atoms with Crippen LogP contribution in [-0.2, 0) is 9.53 Å². The van der Waals surface area contributed by atoms with Crippen LogP contribution in [0.25, 0.3) is 0 Å². The number of esters is 1. The van der Waals surface area contributed by atoms with Crippen molar-refractivity contribution in [3.8, 4) is 0 Å². The lowest BCUT2D eigenvalue weighted by Gasteiger charge is -2.49. The normalized spacial score (nSPS) is 35.7. The molecule has 4 aliphatic rings. The number of hydrogen-bond donors (Lipinski definition) is 0. The maximum atomic E-state index is 10.4. The van der Waals surface area contributed by atoms with Crippen LogP contribution >= 0.6 is 0 Å². The standard InChI is InChI=1S/C10H16.C6H10O2/c1-7-2-9-4-8(1)5-10(3-7)6-9;1-4-8-6(7)5(2)3/h7-10H,1-6H2;2,4H2,1,3H3. The van der Waals surface area contributed by atoms with Crippen molar-refractivity contribution in [1.29, 1.82) is 0 Å². The highest BCUT2D eigenvalue weighted by molar-refractivity contribution is 5.86. The van der Waals surface area contributed by atoms with Gasteiger partial charge in [-0.15, -0.1) is 0 Å². The molecule has 0 aromatic carbocycles. The smallest absolute Gasteiger partial charge is 0.333 e. The number of ether oxygens (including phenoxy) is 1. The fourth-order valence-corrected chi connectivity index (χ4v) is 4.24. The largest absolute Gasteiger partial charge is 0.463 e. The first kappa shape index (κ1) is 13.6. The SMILES string of the molecule is C1C2CC3CC1CC(C2)C3.C=C(C)C(=O)OCC. The molecular weight excluding hydrogens is 224 g/mol. The van der Waals surface area contributed by atoms with Crippen LogP contribution in [0.1, 0.15) is 52.4 Å². The van der Waals surface area contributed by atoms with Gasteiger partial charge < -0.3 is 4.74 Å². The molecule has 0 aromatic heterocycles. The van der Waals surface area contributed by atoms with E-state index in [4.69, 9.17) is 0 Å². The Morgan fingerprint density at radius 3 is 1.50 bits per heavy atom.